The molecule has 0 N–H and O–H groups in total. The molecule has 2 heterocycles. The van der Waals surface area contributed by atoms with Gasteiger partial charge in [-0.3, -0.25) is 0 Å². The number of hydrogen-bond donors (Lipinski definition) is 0. The highest BCUT2D eigenvalue weighted by Crippen LogP contribution is 2.39. The number of rotatable bonds is 2. The van der Waals surface area contributed by atoms with Gasteiger partial charge >= 0.3 is 0 Å². The summed E-state index contributed by atoms with van der Waals surface area (Å²) in [5.41, 5.74) is 4.14. The summed E-state index contributed by atoms with van der Waals surface area (Å²) in [6, 6.07) is 15.8. The molecule has 1 aliphatic heterocycles. The van der Waals surface area contributed by atoms with Crippen molar-refractivity contribution in [2.75, 3.05) is 4.90 Å². The number of allylic oxidation sites excluding steroid dienone is 4. The largest absolute Gasteiger partial charge is 0.342 e. The third kappa shape index (κ3) is 4.30. The summed E-state index contributed by atoms with van der Waals surface area (Å²) < 4.78 is 0. The summed E-state index contributed by atoms with van der Waals surface area (Å²) in [7, 11) is 0.728. The van der Waals surface area contributed by atoms with E-state index in [1.165, 1.54) is 21.9 Å². The van der Waals surface area contributed by atoms with Crippen molar-refractivity contribution >= 4 is 13.6 Å². The topological polar surface area (TPSA) is 3.24 Å². The molecule has 0 bridgehead atoms. The molecule has 0 saturated carbocycles. The number of nitrogens with zero attached hydrogens (tertiary/aromatic N) is 1. The van der Waals surface area contributed by atoms with Crippen LogP contribution in [0.4, 0.5) is 5.42 Å². The van der Waals surface area contributed by atoms with Crippen molar-refractivity contribution in [3.63, 3.8) is 0 Å². The highest BCUT2D eigenvalue weighted by Gasteiger charge is 2.13. The van der Waals surface area contributed by atoms with Crippen LogP contribution in [0.2, 0.25) is 0 Å². The lowest BCUT2D eigenvalue weighted by Gasteiger charge is -2.26. The van der Waals surface area contributed by atoms with E-state index in [4.69, 9.17) is 0 Å². The predicted molar refractivity (Wildman–Crippen MR) is 109 cm³/mol. The maximum Gasteiger partial charge on any atom is 0.0578 e. The van der Waals surface area contributed by atoms with Gasteiger partial charge in [-0.25, -0.2) is 0 Å². The number of anilines is 1. The minimum Gasteiger partial charge on any atom is -0.342 e. The smallest absolute Gasteiger partial charge is 0.0578 e. The summed E-state index contributed by atoms with van der Waals surface area (Å²) in [5, 5.41) is 1.44. The average molecular weight is 335 g/mol. The molecule has 0 fully saturated rings. The monoisotopic (exact) mass is 335 g/mol. The molecule has 0 radical (unpaired) electrons. The van der Waals surface area contributed by atoms with Crippen LogP contribution in [0.25, 0.3) is 10.9 Å². The van der Waals surface area contributed by atoms with Crippen LogP contribution in [0.15, 0.2) is 78.5 Å². The van der Waals surface area contributed by atoms with E-state index in [0.717, 1.165) is 27.5 Å². The van der Waals surface area contributed by atoms with Crippen LogP contribution < -0.4 is 4.90 Å². The van der Waals surface area contributed by atoms with Gasteiger partial charge in [0, 0.05) is 17.5 Å². The van der Waals surface area contributed by atoms with Gasteiger partial charge in [0.25, 0.3) is 0 Å². The second-order valence-corrected chi connectivity index (χ2v) is 7.73. The van der Waals surface area contributed by atoms with Crippen LogP contribution in [0.3, 0.4) is 0 Å². The van der Waals surface area contributed by atoms with Crippen molar-refractivity contribution in [1.29, 1.82) is 0 Å². The van der Waals surface area contributed by atoms with Crippen LogP contribution in [-0.4, -0.2) is 6.04 Å². The van der Waals surface area contributed by atoms with E-state index in [1.54, 1.807) is 0 Å². The van der Waals surface area contributed by atoms with Gasteiger partial charge in [-0.2, -0.15) is 0 Å². The normalized spacial score (nSPS) is 24.2. The van der Waals surface area contributed by atoms with Gasteiger partial charge in [-0.1, -0.05) is 60.2 Å². The van der Waals surface area contributed by atoms with Gasteiger partial charge in [0.1, 0.15) is 0 Å². The Hall–Kier alpha value is -1.98. The van der Waals surface area contributed by atoms with Gasteiger partial charge in [-0.05, 0) is 50.8 Å². The Balaban J connectivity index is 1.85. The van der Waals surface area contributed by atoms with Crippen LogP contribution in [0.1, 0.15) is 33.1 Å². The van der Waals surface area contributed by atoms with Gasteiger partial charge in [0.05, 0.1) is 5.42 Å². The van der Waals surface area contributed by atoms with Gasteiger partial charge in [-0.15, -0.1) is 8.19 Å². The third-order valence-electron chi connectivity index (χ3n) is 4.44. The van der Waals surface area contributed by atoms with E-state index in [-0.39, 0.29) is 0 Å². The number of benzene rings is 1. The zero-order valence-electron chi connectivity index (χ0n) is 14.6. The lowest BCUT2D eigenvalue weighted by molar-refractivity contribution is 0.720. The second-order valence-electron chi connectivity index (χ2n) is 6.43. The molecular weight excluding hydrogens is 309 g/mol. The first kappa shape index (κ1) is 16.9. The Morgan fingerprint density at radius 1 is 1.00 bits per heavy atom. The van der Waals surface area contributed by atoms with Crippen LogP contribution in [-0.2, 0) is 0 Å². The Morgan fingerprint density at radius 2 is 1.79 bits per heavy atom. The molecule has 0 aliphatic carbocycles. The van der Waals surface area contributed by atoms with Gasteiger partial charge < -0.3 is 4.90 Å². The molecule has 2 atom stereocenters. The molecule has 24 heavy (non-hydrogen) atoms. The summed E-state index contributed by atoms with van der Waals surface area (Å²) >= 11 is 0. The maximum atomic E-state index is 2.47. The Bertz CT molecular complexity index is 736. The molecule has 1 aromatic heterocycles. The first-order chi connectivity index (χ1) is 11.7. The Kier molecular flexibility index (Phi) is 5.77. The predicted octanol–water partition coefficient (Wildman–Crippen LogP) is 6.78. The first-order valence-corrected chi connectivity index (χ1v) is 9.77. The highest BCUT2D eigenvalue weighted by molar-refractivity contribution is 7.38. The van der Waals surface area contributed by atoms with Crippen molar-refractivity contribution in [2.45, 2.75) is 39.2 Å². The van der Waals surface area contributed by atoms with Crippen LogP contribution in [0.5, 0.6) is 0 Å². The van der Waals surface area contributed by atoms with Crippen molar-refractivity contribution < 1.29 is 0 Å². The van der Waals surface area contributed by atoms with Crippen molar-refractivity contribution in [3.05, 3.63) is 78.5 Å². The molecule has 1 aromatic carbocycles. The first-order valence-electron chi connectivity index (χ1n) is 8.77. The molecule has 0 amide bonds. The molecule has 124 valence electrons. The second kappa shape index (κ2) is 8.22. The van der Waals surface area contributed by atoms with E-state index < -0.39 is 0 Å². The van der Waals surface area contributed by atoms with E-state index in [1.807, 2.05) is 0 Å². The van der Waals surface area contributed by atoms with Crippen LogP contribution >= 0.6 is 8.19 Å². The molecule has 2 unspecified atom stereocenters. The van der Waals surface area contributed by atoms with Crippen molar-refractivity contribution in [3.8, 4) is 10.9 Å². The molecule has 3 rings (SSSR count). The fourth-order valence-corrected chi connectivity index (χ4v) is 4.32. The summed E-state index contributed by atoms with van der Waals surface area (Å²) in [5.74, 6) is 0. The quantitative estimate of drug-likeness (QED) is 0.584. The highest BCUT2D eigenvalue weighted by atomic mass is 31.0. The summed E-state index contributed by atoms with van der Waals surface area (Å²) in [6.07, 6.45) is 14.8. The zero-order chi connectivity index (χ0) is 16.8. The van der Waals surface area contributed by atoms with Gasteiger partial charge in [0.2, 0.25) is 0 Å². The molecule has 1 nitrogen and oxygen atoms in total. The fourth-order valence-electron chi connectivity index (χ4n) is 2.97. The lowest BCUT2D eigenvalue weighted by atomic mass is 10.1. The standard InChI is InChI=1S/C22H26NP/c1-18-10-6-3-4-9-17-23(19(2)14-13-18)22-16-15-21(24-22)20-11-7-5-8-12-20/h5-13,15-17,19,24H,3-4,14H2,1-2H3/b10-6-,17-9-,18-13-. The SMILES string of the molecule is CC1=C/CC(C)N(c2ccc(-c3ccccc3)[pH]2)/C=C\CC/C=C\1. The third-order valence-corrected chi connectivity index (χ3v) is 5.84. The fraction of sp³-hybridized carbons (Fsp3) is 0.273. The van der Waals surface area contributed by atoms with Gasteiger partial charge in [0.15, 0.2) is 0 Å². The molecular formula is C22H26NP. The minimum atomic E-state index is 0.477. The molecule has 0 spiro atoms. The lowest BCUT2D eigenvalue weighted by Crippen LogP contribution is -2.26. The van der Waals surface area contributed by atoms with E-state index >= 15 is 0 Å². The zero-order valence-corrected chi connectivity index (χ0v) is 15.6. The van der Waals surface area contributed by atoms with E-state index in [9.17, 15) is 0 Å². The minimum absolute atomic E-state index is 0.477. The van der Waals surface area contributed by atoms with E-state index in [0.29, 0.717) is 6.04 Å². The Labute approximate surface area is 147 Å². The summed E-state index contributed by atoms with van der Waals surface area (Å²) in [6.45, 7) is 4.52. The molecule has 2 aromatic rings. The van der Waals surface area contributed by atoms with Crippen molar-refractivity contribution in [2.24, 2.45) is 0 Å². The molecule has 2 heteroatoms. The summed E-state index contributed by atoms with van der Waals surface area (Å²) in [4.78, 5) is 2.47. The molecule has 0 saturated heterocycles. The number of hydrogen-bond acceptors (Lipinski definition) is 1. The Morgan fingerprint density at radius 3 is 2.62 bits per heavy atom. The van der Waals surface area contributed by atoms with Crippen LogP contribution in [0, 0.1) is 0 Å². The molecule has 1 aliphatic rings. The average Bonchev–Trinajstić information content (AvgIpc) is 3.08. The maximum absolute atomic E-state index is 2.47. The van der Waals surface area contributed by atoms with E-state index in [2.05, 4.69) is 91.7 Å². The van der Waals surface area contributed by atoms with Crippen molar-refractivity contribution in [1.82, 2.24) is 0 Å².